The monoisotopic (exact) mass is 255 g/mol. The van der Waals surface area contributed by atoms with Crippen LogP contribution in [0, 0.1) is 13.8 Å². The van der Waals surface area contributed by atoms with Crippen molar-refractivity contribution in [3.8, 4) is 5.75 Å². The van der Waals surface area contributed by atoms with Gasteiger partial charge in [0.25, 0.3) is 0 Å². The zero-order valence-electron chi connectivity index (χ0n) is 11.9. The first kappa shape index (κ1) is 13.5. The second-order valence-electron chi connectivity index (χ2n) is 4.82. The van der Waals surface area contributed by atoms with Gasteiger partial charge in [-0.25, -0.2) is 0 Å². The van der Waals surface area contributed by atoms with E-state index in [-0.39, 0.29) is 0 Å². The quantitative estimate of drug-likeness (QED) is 0.873. The summed E-state index contributed by atoms with van der Waals surface area (Å²) in [6.45, 7) is 5.22. The summed E-state index contributed by atoms with van der Waals surface area (Å²) < 4.78 is 5.15. The van der Waals surface area contributed by atoms with E-state index in [0.29, 0.717) is 0 Å². The van der Waals surface area contributed by atoms with E-state index in [1.807, 2.05) is 12.1 Å². The van der Waals surface area contributed by atoms with Gasteiger partial charge in [-0.05, 0) is 61.2 Å². The lowest BCUT2D eigenvalue weighted by Crippen LogP contribution is -2.05. The van der Waals surface area contributed by atoms with Crippen LogP contribution in [0.5, 0.6) is 5.75 Å². The second-order valence-corrected chi connectivity index (χ2v) is 4.82. The highest BCUT2D eigenvalue weighted by molar-refractivity contribution is 5.48. The zero-order chi connectivity index (χ0) is 13.7. The van der Waals surface area contributed by atoms with Crippen molar-refractivity contribution in [2.75, 3.05) is 19.0 Å². The third-order valence-corrected chi connectivity index (χ3v) is 3.41. The SMILES string of the molecule is COc1ccc(CCNc2ccc(C)c(C)c2)cc1. The van der Waals surface area contributed by atoms with Crippen LogP contribution < -0.4 is 10.1 Å². The Labute approximate surface area is 115 Å². The Bertz CT molecular complexity index is 531. The number of methoxy groups -OCH3 is 1. The number of nitrogens with one attached hydrogen (secondary N) is 1. The molecule has 0 radical (unpaired) electrons. The summed E-state index contributed by atoms with van der Waals surface area (Å²) in [7, 11) is 1.69. The molecule has 2 rings (SSSR count). The van der Waals surface area contributed by atoms with E-state index in [4.69, 9.17) is 4.74 Å². The summed E-state index contributed by atoms with van der Waals surface area (Å²) in [5.74, 6) is 0.908. The number of ether oxygens (including phenoxy) is 1. The predicted octanol–water partition coefficient (Wildman–Crippen LogP) is 3.97. The molecular weight excluding hydrogens is 234 g/mol. The smallest absolute Gasteiger partial charge is 0.118 e. The van der Waals surface area contributed by atoms with Gasteiger partial charge in [-0.2, -0.15) is 0 Å². The molecule has 2 aromatic rings. The van der Waals surface area contributed by atoms with Crippen LogP contribution in [0.4, 0.5) is 5.69 Å². The molecule has 0 spiro atoms. The third kappa shape index (κ3) is 3.75. The summed E-state index contributed by atoms with van der Waals surface area (Å²) in [6.07, 6.45) is 1.01. The van der Waals surface area contributed by atoms with Gasteiger partial charge < -0.3 is 10.1 Å². The van der Waals surface area contributed by atoms with E-state index >= 15 is 0 Å². The van der Waals surface area contributed by atoms with E-state index in [1.54, 1.807) is 7.11 Å². The van der Waals surface area contributed by atoms with Crippen molar-refractivity contribution >= 4 is 5.69 Å². The van der Waals surface area contributed by atoms with E-state index in [0.717, 1.165) is 18.7 Å². The Kier molecular flexibility index (Phi) is 4.45. The molecule has 2 aromatic carbocycles. The van der Waals surface area contributed by atoms with Crippen molar-refractivity contribution in [3.63, 3.8) is 0 Å². The standard InChI is InChI=1S/C17H21NO/c1-13-4-7-16(12-14(13)2)18-11-10-15-5-8-17(19-3)9-6-15/h4-9,12,18H,10-11H2,1-3H3. The molecule has 0 amide bonds. The van der Waals surface area contributed by atoms with Crippen LogP contribution in [-0.4, -0.2) is 13.7 Å². The van der Waals surface area contributed by atoms with Crippen LogP contribution in [0.2, 0.25) is 0 Å². The molecule has 0 aliphatic heterocycles. The maximum atomic E-state index is 5.15. The minimum absolute atomic E-state index is 0.908. The summed E-state index contributed by atoms with van der Waals surface area (Å²) >= 11 is 0. The molecule has 0 bridgehead atoms. The summed E-state index contributed by atoms with van der Waals surface area (Å²) in [6, 6.07) is 14.7. The molecular formula is C17H21NO. The number of anilines is 1. The lowest BCUT2D eigenvalue weighted by Gasteiger charge is -2.09. The lowest BCUT2D eigenvalue weighted by atomic mass is 10.1. The average Bonchev–Trinajstić information content (AvgIpc) is 2.43. The molecule has 0 unspecified atom stereocenters. The Balaban J connectivity index is 1.86. The van der Waals surface area contributed by atoms with Gasteiger partial charge in [0.15, 0.2) is 0 Å². The van der Waals surface area contributed by atoms with Gasteiger partial charge in [0.2, 0.25) is 0 Å². The highest BCUT2D eigenvalue weighted by Crippen LogP contribution is 2.15. The largest absolute Gasteiger partial charge is 0.497 e. The Hall–Kier alpha value is -1.96. The molecule has 0 atom stereocenters. The lowest BCUT2D eigenvalue weighted by molar-refractivity contribution is 0.414. The minimum atomic E-state index is 0.908. The minimum Gasteiger partial charge on any atom is -0.497 e. The van der Waals surface area contributed by atoms with Crippen LogP contribution in [0.1, 0.15) is 16.7 Å². The van der Waals surface area contributed by atoms with Crippen molar-refractivity contribution < 1.29 is 4.74 Å². The van der Waals surface area contributed by atoms with Gasteiger partial charge in [0.05, 0.1) is 7.11 Å². The summed E-state index contributed by atoms with van der Waals surface area (Å²) in [5.41, 5.74) is 5.17. The van der Waals surface area contributed by atoms with Gasteiger partial charge in [0, 0.05) is 12.2 Å². The van der Waals surface area contributed by atoms with Crippen LogP contribution >= 0.6 is 0 Å². The third-order valence-electron chi connectivity index (χ3n) is 3.41. The van der Waals surface area contributed by atoms with Crippen LogP contribution in [0.15, 0.2) is 42.5 Å². The molecule has 0 saturated carbocycles. The molecule has 0 aliphatic carbocycles. The first-order chi connectivity index (χ1) is 9.19. The van der Waals surface area contributed by atoms with Crippen LogP contribution in [-0.2, 0) is 6.42 Å². The van der Waals surface area contributed by atoms with Gasteiger partial charge in [-0.1, -0.05) is 18.2 Å². The van der Waals surface area contributed by atoms with Crippen molar-refractivity contribution in [1.29, 1.82) is 0 Å². The topological polar surface area (TPSA) is 21.3 Å². The van der Waals surface area contributed by atoms with Crippen molar-refractivity contribution in [2.24, 2.45) is 0 Å². The molecule has 0 fully saturated rings. The number of hydrogen-bond donors (Lipinski definition) is 1. The molecule has 2 heteroatoms. The van der Waals surface area contributed by atoms with E-state index < -0.39 is 0 Å². The fraction of sp³-hybridized carbons (Fsp3) is 0.294. The number of hydrogen-bond acceptors (Lipinski definition) is 2. The van der Waals surface area contributed by atoms with E-state index in [9.17, 15) is 0 Å². The predicted molar refractivity (Wildman–Crippen MR) is 81.1 cm³/mol. The molecule has 0 aromatic heterocycles. The molecule has 100 valence electrons. The van der Waals surface area contributed by atoms with Gasteiger partial charge in [-0.3, -0.25) is 0 Å². The maximum Gasteiger partial charge on any atom is 0.118 e. The fourth-order valence-electron chi connectivity index (χ4n) is 1.99. The Morgan fingerprint density at radius 1 is 0.947 bits per heavy atom. The highest BCUT2D eigenvalue weighted by Gasteiger charge is 1.97. The Morgan fingerprint density at radius 3 is 2.32 bits per heavy atom. The van der Waals surface area contributed by atoms with Crippen molar-refractivity contribution in [2.45, 2.75) is 20.3 Å². The van der Waals surface area contributed by atoms with Crippen molar-refractivity contribution in [3.05, 3.63) is 59.2 Å². The van der Waals surface area contributed by atoms with Crippen LogP contribution in [0.3, 0.4) is 0 Å². The number of benzene rings is 2. The Morgan fingerprint density at radius 2 is 1.68 bits per heavy atom. The molecule has 2 nitrogen and oxygen atoms in total. The first-order valence-corrected chi connectivity index (χ1v) is 6.63. The van der Waals surface area contributed by atoms with Crippen molar-refractivity contribution in [1.82, 2.24) is 0 Å². The summed E-state index contributed by atoms with van der Waals surface area (Å²) in [5, 5.41) is 3.46. The molecule has 0 aliphatic rings. The summed E-state index contributed by atoms with van der Waals surface area (Å²) in [4.78, 5) is 0. The molecule has 19 heavy (non-hydrogen) atoms. The maximum absolute atomic E-state index is 5.15. The van der Waals surface area contributed by atoms with Gasteiger partial charge in [0.1, 0.15) is 5.75 Å². The molecule has 1 N–H and O–H groups in total. The average molecular weight is 255 g/mol. The number of rotatable bonds is 5. The van der Waals surface area contributed by atoms with E-state index in [2.05, 4.69) is 49.5 Å². The highest BCUT2D eigenvalue weighted by atomic mass is 16.5. The second kappa shape index (κ2) is 6.28. The van der Waals surface area contributed by atoms with E-state index in [1.165, 1.54) is 22.4 Å². The van der Waals surface area contributed by atoms with Gasteiger partial charge in [-0.15, -0.1) is 0 Å². The first-order valence-electron chi connectivity index (χ1n) is 6.63. The van der Waals surface area contributed by atoms with Gasteiger partial charge >= 0.3 is 0 Å². The fourth-order valence-corrected chi connectivity index (χ4v) is 1.99. The number of aryl methyl sites for hydroxylation is 2. The normalized spacial score (nSPS) is 10.3. The van der Waals surface area contributed by atoms with Crippen LogP contribution in [0.25, 0.3) is 0 Å². The molecule has 0 heterocycles. The zero-order valence-corrected chi connectivity index (χ0v) is 11.9. The molecule has 0 saturated heterocycles.